The zero-order valence-electron chi connectivity index (χ0n) is 18.8. The summed E-state index contributed by atoms with van der Waals surface area (Å²) < 4.78 is 26.7. The summed E-state index contributed by atoms with van der Waals surface area (Å²) in [6.45, 7) is 5.58. The summed E-state index contributed by atoms with van der Waals surface area (Å²) in [5.74, 6) is -0.830. The van der Waals surface area contributed by atoms with Crippen molar-refractivity contribution in [3.63, 3.8) is 0 Å². The number of benzene rings is 1. The Kier molecular flexibility index (Phi) is 8.67. The van der Waals surface area contributed by atoms with Gasteiger partial charge in [0.25, 0.3) is 0 Å². The van der Waals surface area contributed by atoms with E-state index in [-0.39, 0.29) is 38.7 Å². The van der Waals surface area contributed by atoms with Crippen molar-refractivity contribution in [2.45, 2.75) is 39.8 Å². The van der Waals surface area contributed by atoms with Gasteiger partial charge >= 0.3 is 11.9 Å². The molecular weight excluding hydrogens is 406 g/mol. The normalized spacial score (nSPS) is 17.4. The summed E-state index contributed by atoms with van der Waals surface area (Å²) in [5, 5.41) is 0. The van der Waals surface area contributed by atoms with Gasteiger partial charge in [-0.2, -0.15) is 0 Å². The Balaban J connectivity index is 2.33. The number of carbonyl (C=O) groups excluding carboxylic acids is 3. The number of carbonyl (C=O) groups is 3. The molecular formula is C22H31NO8. The van der Waals surface area contributed by atoms with Gasteiger partial charge in [0.1, 0.15) is 0 Å². The first-order chi connectivity index (χ1) is 14.9. The maximum absolute atomic E-state index is 12.9. The van der Waals surface area contributed by atoms with Crippen molar-refractivity contribution in [2.24, 2.45) is 5.41 Å². The average molecular weight is 437 g/mol. The second-order valence-electron chi connectivity index (χ2n) is 6.92. The Morgan fingerprint density at radius 3 is 2.13 bits per heavy atom. The predicted molar refractivity (Wildman–Crippen MR) is 111 cm³/mol. The van der Waals surface area contributed by atoms with Crippen LogP contribution in [0.3, 0.4) is 0 Å². The highest BCUT2D eigenvalue weighted by Gasteiger charge is 2.64. The zero-order valence-corrected chi connectivity index (χ0v) is 18.8. The summed E-state index contributed by atoms with van der Waals surface area (Å²) in [7, 11) is 3.10. The molecule has 2 rings (SSSR count). The number of likely N-dealkylation sites (tertiary alicyclic amines) is 1. The minimum Gasteiger partial charge on any atom is -0.493 e. The smallest absolute Gasteiger partial charge is 0.328 e. The minimum atomic E-state index is -1.85. The summed E-state index contributed by atoms with van der Waals surface area (Å²) in [5.41, 5.74) is -0.957. The molecule has 1 amide bonds. The number of methoxy groups -OCH3 is 2. The summed E-state index contributed by atoms with van der Waals surface area (Å²) in [6.07, 6.45) is -1.01. The van der Waals surface area contributed by atoms with Gasteiger partial charge in [0, 0.05) is 13.2 Å². The summed E-state index contributed by atoms with van der Waals surface area (Å²) >= 11 is 0. The molecule has 9 heteroatoms. The first-order valence-corrected chi connectivity index (χ1v) is 10.4. The van der Waals surface area contributed by atoms with E-state index in [0.29, 0.717) is 17.9 Å². The molecule has 31 heavy (non-hydrogen) atoms. The molecule has 0 aromatic heterocycles. The Labute approximate surface area is 182 Å². The molecule has 0 bridgehead atoms. The monoisotopic (exact) mass is 437 g/mol. The number of hydrogen-bond donors (Lipinski definition) is 0. The third-order valence-electron chi connectivity index (χ3n) is 5.15. The average Bonchev–Trinajstić information content (AvgIpc) is 3.05. The molecule has 1 fully saturated rings. The third-order valence-corrected chi connectivity index (χ3v) is 5.15. The molecule has 1 unspecified atom stereocenters. The Hall–Kier alpha value is -2.81. The quantitative estimate of drug-likeness (QED) is 0.383. The van der Waals surface area contributed by atoms with E-state index in [2.05, 4.69) is 0 Å². The van der Waals surface area contributed by atoms with E-state index >= 15 is 0 Å². The van der Waals surface area contributed by atoms with Crippen LogP contribution >= 0.6 is 0 Å². The highest BCUT2D eigenvalue weighted by molar-refractivity contribution is 6.06. The van der Waals surface area contributed by atoms with E-state index in [9.17, 15) is 14.4 Å². The number of ether oxygens (including phenoxy) is 5. The van der Waals surface area contributed by atoms with Crippen LogP contribution in [0.5, 0.6) is 11.5 Å². The van der Waals surface area contributed by atoms with Crippen LogP contribution < -0.4 is 9.47 Å². The molecule has 1 heterocycles. The lowest BCUT2D eigenvalue weighted by atomic mass is 9.85. The van der Waals surface area contributed by atoms with Crippen molar-refractivity contribution in [3.8, 4) is 11.5 Å². The van der Waals surface area contributed by atoms with Crippen molar-refractivity contribution in [2.75, 3.05) is 40.6 Å². The highest BCUT2D eigenvalue weighted by atomic mass is 16.6. The molecule has 1 aromatic rings. The lowest BCUT2D eigenvalue weighted by Gasteiger charge is -2.33. The maximum atomic E-state index is 12.9. The van der Waals surface area contributed by atoms with Crippen LogP contribution in [0, 0.1) is 5.41 Å². The van der Waals surface area contributed by atoms with Crippen LogP contribution in [-0.2, 0) is 35.0 Å². The van der Waals surface area contributed by atoms with Crippen LogP contribution in [0.4, 0.5) is 0 Å². The standard InChI is InChI=1S/C22H31NO8/c1-6-29-19-22(20(25)30-7-2,21(26)31-8-3)14-18(24)23(19)12-11-15-9-10-16(27-4)17(13-15)28-5/h9-10,13,19H,6-8,11-12,14H2,1-5H3. The van der Waals surface area contributed by atoms with Crippen molar-refractivity contribution >= 4 is 17.8 Å². The van der Waals surface area contributed by atoms with E-state index in [0.717, 1.165) is 5.56 Å². The lowest BCUT2D eigenvalue weighted by Crippen LogP contribution is -2.53. The van der Waals surface area contributed by atoms with E-state index in [1.807, 2.05) is 12.1 Å². The van der Waals surface area contributed by atoms with Crippen LogP contribution in [-0.4, -0.2) is 69.6 Å². The van der Waals surface area contributed by atoms with E-state index < -0.39 is 23.6 Å². The van der Waals surface area contributed by atoms with Crippen molar-refractivity contribution in [1.29, 1.82) is 0 Å². The van der Waals surface area contributed by atoms with Gasteiger partial charge in [0.05, 0.1) is 33.9 Å². The number of rotatable bonds is 11. The number of hydrogen-bond acceptors (Lipinski definition) is 8. The molecule has 1 saturated heterocycles. The molecule has 0 N–H and O–H groups in total. The molecule has 0 radical (unpaired) electrons. The van der Waals surface area contributed by atoms with Gasteiger partial charge in [0.15, 0.2) is 17.7 Å². The van der Waals surface area contributed by atoms with Crippen LogP contribution in [0.15, 0.2) is 18.2 Å². The zero-order chi connectivity index (χ0) is 23.0. The predicted octanol–water partition coefficient (Wildman–Crippen LogP) is 1.95. The van der Waals surface area contributed by atoms with Gasteiger partial charge in [-0.25, -0.2) is 0 Å². The largest absolute Gasteiger partial charge is 0.493 e. The van der Waals surface area contributed by atoms with E-state index in [1.54, 1.807) is 41.1 Å². The van der Waals surface area contributed by atoms with Crippen LogP contribution in [0.25, 0.3) is 0 Å². The van der Waals surface area contributed by atoms with Gasteiger partial charge in [-0.15, -0.1) is 0 Å². The first-order valence-electron chi connectivity index (χ1n) is 10.4. The fraction of sp³-hybridized carbons (Fsp3) is 0.591. The summed E-state index contributed by atoms with van der Waals surface area (Å²) in [4.78, 5) is 40.1. The maximum Gasteiger partial charge on any atom is 0.328 e. The van der Waals surface area contributed by atoms with Crippen molar-refractivity contribution in [3.05, 3.63) is 23.8 Å². The fourth-order valence-electron chi connectivity index (χ4n) is 3.69. The van der Waals surface area contributed by atoms with Gasteiger partial charge < -0.3 is 28.6 Å². The van der Waals surface area contributed by atoms with E-state index in [4.69, 9.17) is 23.7 Å². The SMILES string of the molecule is CCOC(=O)C1(C(=O)OCC)CC(=O)N(CCc2ccc(OC)c(OC)c2)C1OCC. The van der Waals surface area contributed by atoms with Crippen LogP contribution in [0.1, 0.15) is 32.8 Å². The Morgan fingerprint density at radius 1 is 1.00 bits per heavy atom. The second kappa shape index (κ2) is 11.0. The molecule has 0 aliphatic carbocycles. The number of amides is 1. The molecule has 1 aliphatic rings. The van der Waals surface area contributed by atoms with Crippen molar-refractivity contribution in [1.82, 2.24) is 4.90 Å². The first kappa shape index (κ1) is 24.5. The minimum absolute atomic E-state index is 0.0681. The Bertz CT molecular complexity index is 776. The second-order valence-corrected chi connectivity index (χ2v) is 6.92. The number of esters is 2. The fourth-order valence-corrected chi connectivity index (χ4v) is 3.69. The van der Waals surface area contributed by atoms with Gasteiger partial charge in [-0.1, -0.05) is 6.07 Å². The Morgan fingerprint density at radius 2 is 1.61 bits per heavy atom. The van der Waals surface area contributed by atoms with Crippen molar-refractivity contribution < 1.29 is 38.1 Å². The molecule has 1 aliphatic heterocycles. The summed E-state index contributed by atoms with van der Waals surface area (Å²) in [6, 6.07) is 5.46. The molecule has 0 spiro atoms. The lowest BCUT2D eigenvalue weighted by molar-refractivity contribution is -0.188. The molecule has 1 aromatic carbocycles. The molecule has 1 atom stereocenters. The van der Waals surface area contributed by atoms with E-state index in [1.165, 1.54) is 4.90 Å². The van der Waals surface area contributed by atoms with Gasteiger partial charge in [0.2, 0.25) is 11.3 Å². The molecule has 172 valence electrons. The molecule has 0 saturated carbocycles. The van der Waals surface area contributed by atoms with Gasteiger partial charge in [-0.3, -0.25) is 14.4 Å². The van der Waals surface area contributed by atoms with Gasteiger partial charge in [-0.05, 0) is 44.9 Å². The third kappa shape index (κ3) is 4.92. The number of nitrogens with zero attached hydrogens (tertiary/aromatic N) is 1. The topological polar surface area (TPSA) is 101 Å². The molecule has 9 nitrogen and oxygen atoms in total. The van der Waals surface area contributed by atoms with Crippen LogP contribution in [0.2, 0.25) is 0 Å². The highest BCUT2D eigenvalue weighted by Crippen LogP contribution is 2.41.